The first-order valence-electron chi connectivity index (χ1n) is 6.70. The summed E-state index contributed by atoms with van der Waals surface area (Å²) in [6, 6.07) is 0. The molecule has 0 bridgehead atoms. The van der Waals surface area contributed by atoms with Crippen LogP contribution in [0.2, 0.25) is 0 Å². The van der Waals surface area contributed by atoms with E-state index >= 15 is 0 Å². The summed E-state index contributed by atoms with van der Waals surface area (Å²) in [6.45, 7) is 2.02. The number of imidazole rings is 1. The van der Waals surface area contributed by atoms with Gasteiger partial charge in [0.15, 0.2) is 5.65 Å². The molecule has 0 atom stereocenters. The van der Waals surface area contributed by atoms with E-state index in [1.54, 1.807) is 0 Å². The van der Waals surface area contributed by atoms with Gasteiger partial charge in [0.25, 0.3) is 0 Å². The molecule has 18 heavy (non-hydrogen) atoms. The lowest BCUT2D eigenvalue weighted by atomic mass is 10.1. The van der Waals surface area contributed by atoms with Crippen LogP contribution < -0.4 is 11.1 Å². The molecule has 0 radical (unpaired) electrons. The Hall–Kier alpha value is -1.78. The third-order valence-corrected chi connectivity index (χ3v) is 3.94. The molecule has 0 spiro atoms. The van der Waals surface area contributed by atoms with Gasteiger partial charge >= 0.3 is 0 Å². The average molecular weight is 243 g/mol. The zero-order valence-electron chi connectivity index (χ0n) is 10.3. The Kier molecular flexibility index (Phi) is 2.04. The van der Waals surface area contributed by atoms with Crippen LogP contribution in [0.15, 0.2) is 6.33 Å². The molecule has 0 unspecified atom stereocenters. The number of pyridine rings is 1. The predicted octanol–water partition coefficient (Wildman–Crippen LogP) is 1.78. The summed E-state index contributed by atoms with van der Waals surface area (Å²) in [5.41, 5.74) is 10.0. The van der Waals surface area contributed by atoms with Crippen molar-refractivity contribution in [3.05, 3.63) is 11.9 Å². The molecular weight excluding hydrogens is 226 g/mol. The molecule has 5 nitrogen and oxygen atoms in total. The van der Waals surface area contributed by atoms with Gasteiger partial charge in [-0.3, -0.25) is 0 Å². The number of aromatic nitrogens is 3. The molecule has 0 aromatic carbocycles. The van der Waals surface area contributed by atoms with E-state index in [1.807, 2.05) is 6.33 Å². The molecule has 1 saturated carbocycles. The van der Waals surface area contributed by atoms with Crippen LogP contribution in [-0.4, -0.2) is 21.1 Å². The smallest absolute Gasteiger partial charge is 0.164 e. The van der Waals surface area contributed by atoms with Crippen molar-refractivity contribution in [2.75, 3.05) is 17.6 Å². The summed E-state index contributed by atoms with van der Waals surface area (Å²) in [6.07, 6.45) is 6.67. The van der Waals surface area contributed by atoms with Gasteiger partial charge in [-0.2, -0.15) is 0 Å². The number of hydrogen-bond acceptors (Lipinski definition) is 4. The first kappa shape index (κ1) is 10.2. The second kappa shape index (κ2) is 3.60. The standard InChI is InChI=1S/C13H17N5/c14-10-9-2-1-5-15-12(9)17-13-11(10)16-7-18(13)6-8-3-4-8/h7-8H,1-6H2,(H3,14,15,17). The van der Waals surface area contributed by atoms with Gasteiger partial charge in [0.2, 0.25) is 0 Å². The number of fused-ring (bicyclic) bond motifs is 2. The van der Waals surface area contributed by atoms with Crippen LogP contribution >= 0.6 is 0 Å². The van der Waals surface area contributed by atoms with Crippen molar-refractivity contribution in [2.45, 2.75) is 32.2 Å². The lowest BCUT2D eigenvalue weighted by Crippen LogP contribution is -2.16. The first-order chi connectivity index (χ1) is 8.83. The quantitative estimate of drug-likeness (QED) is 0.843. The fourth-order valence-corrected chi connectivity index (χ4v) is 2.71. The first-order valence-corrected chi connectivity index (χ1v) is 6.70. The molecule has 3 N–H and O–H groups in total. The SMILES string of the molecule is Nc1c2c(nc3c1ncn3CC1CC1)NCCC2. The highest BCUT2D eigenvalue weighted by Gasteiger charge is 2.24. The summed E-state index contributed by atoms with van der Waals surface area (Å²) in [5.74, 6) is 1.78. The van der Waals surface area contributed by atoms with Crippen LogP contribution in [-0.2, 0) is 13.0 Å². The summed E-state index contributed by atoms with van der Waals surface area (Å²) in [4.78, 5) is 9.18. The van der Waals surface area contributed by atoms with Crippen molar-refractivity contribution in [3.8, 4) is 0 Å². The van der Waals surface area contributed by atoms with Crippen LogP contribution in [0.5, 0.6) is 0 Å². The van der Waals surface area contributed by atoms with E-state index in [0.29, 0.717) is 0 Å². The van der Waals surface area contributed by atoms with E-state index in [0.717, 1.165) is 60.1 Å². The molecule has 4 rings (SSSR count). The zero-order valence-corrected chi connectivity index (χ0v) is 10.3. The second-order valence-corrected chi connectivity index (χ2v) is 5.40. The van der Waals surface area contributed by atoms with Crippen molar-refractivity contribution >= 4 is 22.7 Å². The second-order valence-electron chi connectivity index (χ2n) is 5.40. The fraction of sp³-hybridized carbons (Fsp3) is 0.538. The van der Waals surface area contributed by atoms with Crippen LogP contribution in [0, 0.1) is 5.92 Å². The maximum atomic E-state index is 6.24. The molecule has 3 heterocycles. The predicted molar refractivity (Wildman–Crippen MR) is 71.5 cm³/mol. The Morgan fingerprint density at radius 2 is 2.33 bits per heavy atom. The largest absolute Gasteiger partial charge is 0.397 e. The normalized spacial score (nSPS) is 18.7. The van der Waals surface area contributed by atoms with Crippen LogP contribution in [0.3, 0.4) is 0 Å². The fourth-order valence-electron chi connectivity index (χ4n) is 2.71. The molecule has 2 aliphatic rings. The van der Waals surface area contributed by atoms with E-state index < -0.39 is 0 Å². The number of nitrogens with zero attached hydrogens (tertiary/aromatic N) is 3. The van der Waals surface area contributed by atoms with E-state index in [2.05, 4.69) is 14.9 Å². The zero-order chi connectivity index (χ0) is 12.1. The highest BCUT2D eigenvalue weighted by Crippen LogP contribution is 2.34. The highest BCUT2D eigenvalue weighted by molar-refractivity contribution is 5.89. The van der Waals surface area contributed by atoms with Gasteiger partial charge in [-0.15, -0.1) is 0 Å². The Labute approximate surface area is 105 Å². The van der Waals surface area contributed by atoms with Gasteiger partial charge in [-0.1, -0.05) is 0 Å². The minimum Gasteiger partial charge on any atom is -0.397 e. The van der Waals surface area contributed by atoms with E-state index in [1.165, 1.54) is 12.8 Å². The summed E-state index contributed by atoms with van der Waals surface area (Å²) >= 11 is 0. The minimum atomic E-state index is 0.814. The van der Waals surface area contributed by atoms with Crippen molar-refractivity contribution in [1.29, 1.82) is 0 Å². The monoisotopic (exact) mass is 243 g/mol. The maximum Gasteiger partial charge on any atom is 0.164 e. The molecule has 1 aliphatic carbocycles. The molecule has 94 valence electrons. The molecule has 0 amide bonds. The molecular formula is C13H17N5. The number of nitrogens with two attached hydrogens (primary N) is 1. The highest BCUT2D eigenvalue weighted by atomic mass is 15.1. The Morgan fingerprint density at radius 1 is 1.44 bits per heavy atom. The molecule has 1 aliphatic heterocycles. The van der Waals surface area contributed by atoms with Crippen molar-refractivity contribution < 1.29 is 0 Å². The number of hydrogen-bond donors (Lipinski definition) is 2. The topological polar surface area (TPSA) is 68.8 Å². The van der Waals surface area contributed by atoms with Gasteiger partial charge in [0, 0.05) is 18.7 Å². The maximum absolute atomic E-state index is 6.24. The van der Waals surface area contributed by atoms with Crippen molar-refractivity contribution in [2.24, 2.45) is 5.92 Å². The average Bonchev–Trinajstić information content (AvgIpc) is 3.12. The lowest BCUT2D eigenvalue weighted by molar-refractivity contribution is 0.638. The van der Waals surface area contributed by atoms with Crippen LogP contribution in [0.25, 0.3) is 11.2 Å². The third-order valence-electron chi connectivity index (χ3n) is 3.94. The summed E-state index contributed by atoms with van der Waals surface area (Å²) in [5, 5.41) is 3.35. The molecule has 5 heteroatoms. The van der Waals surface area contributed by atoms with Crippen LogP contribution in [0.4, 0.5) is 11.5 Å². The van der Waals surface area contributed by atoms with Crippen molar-refractivity contribution in [3.63, 3.8) is 0 Å². The van der Waals surface area contributed by atoms with Gasteiger partial charge in [0.05, 0.1) is 12.0 Å². The Bertz CT molecular complexity index is 611. The molecule has 1 fully saturated rings. The van der Waals surface area contributed by atoms with E-state index in [-0.39, 0.29) is 0 Å². The number of rotatable bonds is 2. The lowest BCUT2D eigenvalue weighted by Gasteiger charge is -2.18. The van der Waals surface area contributed by atoms with Gasteiger partial charge in [-0.25, -0.2) is 9.97 Å². The van der Waals surface area contributed by atoms with E-state index in [4.69, 9.17) is 10.7 Å². The molecule has 2 aromatic rings. The van der Waals surface area contributed by atoms with Gasteiger partial charge in [-0.05, 0) is 31.6 Å². The Morgan fingerprint density at radius 3 is 3.17 bits per heavy atom. The number of anilines is 2. The van der Waals surface area contributed by atoms with Crippen LogP contribution in [0.1, 0.15) is 24.8 Å². The van der Waals surface area contributed by atoms with Crippen molar-refractivity contribution in [1.82, 2.24) is 14.5 Å². The van der Waals surface area contributed by atoms with Gasteiger partial charge in [0.1, 0.15) is 11.3 Å². The molecule has 2 aromatic heterocycles. The van der Waals surface area contributed by atoms with E-state index in [9.17, 15) is 0 Å². The summed E-state index contributed by atoms with van der Waals surface area (Å²) < 4.78 is 2.15. The summed E-state index contributed by atoms with van der Waals surface area (Å²) in [7, 11) is 0. The third kappa shape index (κ3) is 1.46. The van der Waals surface area contributed by atoms with Gasteiger partial charge < -0.3 is 15.6 Å². The Balaban J connectivity index is 1.88. The number of nitrogen functional groups attached to an aromatic ring is 1. The number of nitrogens with one attached hydrogen (secondary N) is 1. The molecule has 0 saturated heterocycles. The minimum absolute atomic E-state index is 0.814.